The summed E-state index contributed by atoms with van der Waals surface area (Å²) in [6.45, 7) is 0. The molecule has 2 aromatic heterocycles. The summed E-state index contributed by atoms with van der Waals surface area (Å²) >= 11 is 0. The third-order valence-electron chi connectivity index (χ3n) is 6.13. The van der Waals surface area contributed by atoms with Crippen molar-refractivity contribution in [1.82, 2.24) is 20.1 Å². The molecule has 2 heterocycles. The highest BCUT2D eigenvalue weighted by molar-refractivity contribution is 5.83. The number of fused-ring (bicyclic) bond motifs is 1. The Morgan fingerprint density at radius 1 is 1.18 bits per heavy atom. The summed E-state index contributed by atoms with van der Waals surface area (Å²) in [6, 6.07) is 8.63. The maximum Gasteiger partial charge on any atom is 0.223 e. The van der Waals surface area contributed by atoms with Crippen LogP contribution in [-0.2, 0) is 17.6 Å². The average Bonchev–Trinajstić information content (AvgIpc) is 3.64. The Hall–Kier alpha value is -2.63. The number of carbonyl (C=O) groups is 1. The van der Waals surface area contributed by atoms with Crippen molar-refractivity contribution >= 4 is 16.8 Å². The zero-order valence-electron chi connectivity index (χ0n) is 16.2. The molecule has 2 fully saturated rings. The van der Waals surface area contributed by atoms with Crippen LogP contribution in [0.15, 0.2) is 34.9 Å². The minimum Gasteiger partial charge on any atom is -0.425 e. The third-order valence-corrected chi connectivity index (χ3v) is 6.13. The van der Waals surface area contributed by atoms with Crippen LogP contribution in [0, 0.1) is 11.8 Å². The predicted octanol–water partition coefficient (Wildman–Crippen LogP) is 3.72. The van der Waals surface area contributed by atoms with Crippen molar-refractivity contribution in [1.29, 1.82) is 0 Å². The molecule has 0 atom stereocenters. The second-order valence-electron chi connectivity index (χ2n) is 8.30. The van der Waals surface area contributed by atoms with Gasteiger partial charge in [-0.05, 0) is 49.1 Å². The van der Waals surface area contributed by atoms with Crippen LogP contribution in [0.25, 0.3) is 10.9 Å². The van der Waals surface area contributed by atoms with Crippen molar-refractivity contribution in [3.63, 3.8) is 0 Å². The lowest BCUT2D eigenvalue weighted by Gasteiger charge is -2.28. The third kappa shape index (κ3) is 3.55. The van der Waals surface area contributed by atoms with E-state index in [9.17, 15) is 4.79 Å². The zero-order valence-corrected chi connectivity index (χ0v) is 16.2. The smallest absolute Gasteiger partial charge is 0.223 e. The maximum absolute atomic E-state index is 12.7. The Balaban J connectivity index is 1.19. The summed E-state index contributed by atoms with van der Waals surface area (Å²) in [7, 11) is 1.97. The van der Waals surface area contributed by atoms with E-state index in [4.69, 9.17) is 4.42 Å². The summed E-state index contributed by atoms with van der Waals surface area (Å²) in [5.41, 5.74) is 2.24. The number of hydrogen-bond donors (Lipinski definition) is 1. The van der Waals surface area contributed by atoms with Crippen LogP contribution in [0.3, 0.4) is 0 Å². The first-order valence-corrected chi connectivity index (χ1v) is 10.3. The predicted molar refractivity (Wildman–Crippen MR) is 106 cm³/mol. The molecule has 6 heteroatoms. The van der Waals surface area contributed by atoms with Gasteiger partial charge in [0.2, 0.25) is 17.7 Å². The summed E-state index contributed by atoms with van der Waals surface area (Å²) in [6.07, 6.45) is 8.63. The van der Waals surface area contributed by atoms with Crippen molar-refractivity contribution in [2.75, 3.05) is 7.05 Å². The number of carbonyl (C=O) groups excluding carboxylic acids is 1. The van der Waals surface area contributed by atoms with Gasteiger partial charge in [0.1, 0.15) is 0 Å². The van der Waals surface area contributed by atoms with E-state index in [0.717, 1.165) is 22.9 Å². The number of aryl methyl sites for hydroxylation is 1. The molecule has 2 aliphatic carbocycles. The number of nitrogens with zero attached hydrogens (tertiary/aromatic N) is 3. The van der Waals surface area contributed by atoms with Gasteiger partial charge in [-0.15, -0.1) is 10.2 Å². The molecule has 0 spiro atoms. The van der Waals surface area contributed by atoms with Crippen LogP contribution in [0.1, 0.15) is 49.4 Å². The fourth-order valence-corrected chi connectivity index (χ4v) is 4.35. The first-order chi connectivity index (χ1) is 13.7. The molecule has 0 unspecified atom stereocenters. The number of rotatable bonds is 8. The molecule has 1 N–H and O–H groups in total. The van der Waals surface area contributed by atoms with Crippen molar-refractivity contribution in [3.05, 3.63) is 47.8 Å². The molecule has 1 aromatic carbocycles. The van der Waals surface area contributed by atoms with Gasteiger partial charge in [-0.3, -0.25) is 4.79 Å². The van der Waals surface area contributed by atoms with Gasteiger partial charge in [0.25, 0.3) is 0 Å². The standard InChI is InChI=1S/C22H26N4O2/c1-26(22(14-6-7-14)15-8-9-15)21(27)11-10-19-24-25-20(28-19)12-16-13-23-18-5-3-2-4-17(16)18/h2-5,13-15,22-23H,6-12H2,1H3. The second kappa shape index (κ2) is 7.08. The molecule has 28 heavy (non-hydrogen) atoms. The lowest BCUT2D eigenvalue weighted by Crippen LogP contribution is -2.40. The molecule has 0 bridgehead atoms. The summed E-state index contributed by atoms with van der Waals surface area (Å²) in [5.74, 6) is 2.79. The topological polar surface area (TPSA) is 75.0 Å². The van der Waals surface area contributed by atoms with Gasteiger partial charge < -0.3 is 14.3 Å². The largest absolute Gasteiger partial charge is 0.425 e. The molecule has 1 amide bonds. The van der Waals surface area contributed by atoms with Gasteiger partial charge in [-0.1, -0.05) is 18.2 Å². The number of hydrogen-bond acceptors (Lipinski definition) is 4. The number of aromatic amines is 1. The number of nitrogens with one attached hydrogen (secondary N) is 1. The maximum atomic E-state index is 12.7. The lowest BCUT2D eigenvalue weighted by molar-refractivity contribution is -0.132. The Morgan fingerprint density at radius 3 is 2.64 bits per heavy atom. The summed E-state index contributed by atoms with van der Waals surface area (Å²) < 4.78 is 5.81. The van der Waals surface area contributed by atoms with Crippen LogP contribution < -0.4 is 0 Å². The van der Waals surface area contributed by atoms with Crippen molar-refractivity contribution in [2.24, 2.45) is 11.8 Å². The van der Waals surface area contributed by atoms with Crippen molar-refractivity contribution in [2.45, 2.75) is 51.0 Å². The molecule has 0 radical (unpaired) electrons. The molecular formula is C22H26N4O2. The molecule has 2 saturated carbocycles. The monoisotopic (exact) mass is 378 g/mol. The van der Waals surface area contributed by atoms with Gasteiger partial charge in [-0.25, -0.2) is 0 Å². The van der Waals surface area contributed by atoms with E-state index in [1.165, 1.54) is 31.1 Å². The molecule has 0 saturated heterocycles. The molecule has 3 aromatic rings. The van der Waals surface area contributed by atoms with Crippen LogP contribution in [0.5, 0.6) is 0 Å². The first-order valence-electron chi connectivity index (χ1n) is 10.3. The van der Waals surface area contributed by atoms with E-state index >= 15 is 0 Å². The molecule has 2 aliphatic rings. The number of aromatic nitrogens is 3. The van der Waals surface area contributed by atoms with E-state index in [2.05, 4.69) is 27.3 Å². The fourth-order valence-electron chi connectivity index (χ4n) is 4.35. The van der Waals surface area contributed by atoms with Gasteiger partial charge in [0, 0.05) is 43.0 Å². The molecular weight excluding hydrogens is 352 g/mol. The molecule has 146 valence electrons. The molecule has 5 rings (SSSR count). The van der Waals surface area contributed by atoms with E-state index in [0.29, 0.717) is 37.1 Å². The molecule has 6 nitrogen and oxygen atoms in total. The normalized spacial score (nSPS) is 16.8. The number of para-hydroxylation sites is 1. The van der Waals surface area contributed by atoms with E-state index in [1.807, 2.05) is 30.3 Å². The first kappa shape index (κ1) is 17.5. The minimum absolute atomic E-state index is 0.195. The summed E-state index contributed by atoms with van der Waals surface area (Å²) in [4.78, 5) is 17.9. The SMILES string of the molecule is CN(C(=O)CCc1nnc(Cc2c[nH]c3ccccc23)o1)C(C1CC1)C1CC1. The Kier molecular flexibility index (Phi) is 4.41. The highest BCUT2D eigenvalue weighted by atomic mass is 16.4. The van der Waals surface area contributed by atoms with Crippen molar-refractivity contribution < 1.29 is 9.21 Å². The quantitative estimate of drug-likeness (QED) is 0.648. The summed E-state index contributed by atoms with van der Waals surface area (Å²) in [5, 5.41) is 9.50. The lowest BCUT2D eigenvalue weighted by atomic mass is 10.1. The van der Waals surface area contributed by atoms with Gasteiger partial charge in [-0.2, -0.15) is 0 Å². The number of H-pyrrole nitrogens is 1. The Labute approximate surface area is 164 Å². The Morgan fingerprint density at radius 2 is 1.89 bits per heavy atom. The molecule has 0 aliphatic heterocycles. The van der Waals surface area contributed by atoms with Gasteiger partial charge in [0.15, 0.2) is 0 Å². The number of benzene rings is 1. The van der Waals surface area contributed by atoms with Gasteiger partial charge >= 0.3 is 0 Å². The van der Waals surface area contributed by atoms with Crippen LogP contribution in [0.2, 0.25) is 0 Å². The van der Waals surface area contributed by atoms with Crippen LogP contribution in [-0.4, -0.2) is 39.1 Å². The highest BCUT2D eigenvalue weighted by Gasteiger charge is 2.44. The Bertz CT molecular complexity index is 971. The highest BCUT2D eigenvalue weighted by Crippen LogP contribution is 2.46. The van der Waals surface area contributed by atoms with Crippen molar-refractivity contribution in [3.8, 4) is 0 Å². The average molecular weight is 378 g/mol. The number of amides is 1. The zero-order chi connectivity index (χ0) is 19.1. The van der Waals surface area contributed by atoms with E-state index in [-0.39, 0.29) is 5.91 Å². The minimum atomic E-state index is 0.195. The van der Waals surface area contributed by atoms with E-state index < -0.39 is 0 Å². The fraction of sp³-hybridized carbons (Fsp3) is 0.500. The van der Waals surface area contributed by atoms with Crippen LogP contribution >= 0.6 is 0 Å². The van der Waals surface area contributed by atoms with Gasteiger partial charge in [0.05, 0.1) is 6.42 Å². The van der Waals surface area contributed by atoms with E-state index in [1.54, 1.807) is 0 Å². The second-order valence-corrected chi connectivity index (χ2v) is 8.30. The van der Waals surface area contributed by atoms with Crippen LogP contribution in [0.4, 0.5) is 0 Å².